The van der Waals surface area contributed by atoms with E-state index in [0.29, 0.717) is 11.6 Å². The monoisotopic (exact) mass is 268 g/mol. The Hall–Kier alpha value is -1.93. The first-order valence-electron chi connectivity index (χ1n) is 5.06. The van der Waals surface area contributed by atoms with Gasteiger partial charge >= 0.3 is 0 Å². The molecule has 8 heteroatoms. The first-order chi connectivity index (χ1) is 8.50. The van der Waals surface area contributed by atoms with Gasteiger partial charge in [-0.05, 0) is 24.3 Å². The highest BCUT2D eigenvalue weighted by molar-refractivity contribution is 7.89. The molecular weight excluding hydrogens is 256 g/mol. The molecule has 0 radical (unpaired) electrons. The smallest absolute Gasteiger partial charge is 0.258 e. The molecule has 1 N–H and O–H groups in total. The third-order valence-corrected chi connectivity index (χ3v) is 4.05. The number of hydrogen-bond donors (Lipinski definition) is 1. The largest absolute Gasteiger partial charge is 0.436 e. The number of aromatic amines is 1. The first-order valence-corrected chi connectivity index (χ1v) is 6.50. The molecule has 0 saturated heterocycles. The molecule has 96 valence electrons. The van der Waals surface area contributed by atoms with Crippen molar-refractivity contribution < 1.29 is 13.2 Å². The van der Waals surface area contributed by atoms with E-state index in [-0.39, 0.29) is 4.90 Å². The molecule has 0 atom stereocenters. The van der Waals surface area contributed by atoms with E-state index in [4.69, 9.17) is 4.74 Å². The van der Waals surface area contributed by atoms with Gasteiger partial charge in [-0.25, -0.2) is 12.7 Å². The number of aromatic nitrogens is 3. The molecule has 0 fully saturated rings. The third kappa shape index (κ3) is 2.49. The van der Waals surface area contributed by atoms with Gasteiger partial charge in [0.05, 0.1) is 4.90 Å². The van der Waals surface area contributed by atoms with Gasteiger partial charge < -0.3 is 4.74 Å². The molecule has 0 aliphatic carbocycles. The van der Waals surface area contributed by atoms with E-state index in [1.807, 2.05) is 0 Å². The minimum atomic E-state index is -3.41. The molecule has 18 heavy (non-hydrogen) atoms. The van der Waals surface area contributed by atoms with Crippen LogP contribution in [0.15, 0.2) is 35.4 Å². The zero-order valence-electron chi connectivity index (χ0n) is 9.86. The summed E-state index contributed by atoms with van der Waals surface area (Å²) in [6.07, 6.45) is 1.42. The average molecular weight is 268 g/mol. The van der Waals surface area contributed by atoms with Gasteiger partial charge in [-0.2, -0.15) is 10.3 Å². The number of sulfonamides is 1. The molecule has 0 bridgehead atoms. The Balaban J connectivity index is 2.21. The van der Waals surface area contributed by atoms with Crippen LogP contribution in [0.2, 0.25) is 0 Å². The van der Waals surface area contributed by atoms with Crippen LogP contribution in [0.3, 0.4) is 0 Å². The average Bonchev–Trinajstić information content (AvgIpc) is 2.82. The SMILES string of the molecule is CN(C)S(=O)(=O)c1ccc(Oc2cn[nH]n2)cc1. The predicted molar refractivity (Wildman–Crippen MR) is 63.8 cm³/mol. The van der Waals surface area contributed by atoms with E-state index in [9.17, 15) is 8.42 Å². The summed E-state index contributed by atoms with van der Waals surface area (Å²) in [5.74, 6) is 0.805. The van der Waals surface area contributed by atoms with Gasteiger partial charge in [0.25, 0.3) is 5.88 Å². The minimum absolute atomic E-state index is 0.208. The number of rotatable bonds is 4. The van der Waals surface area contributed by atoms with Crippen molar-refractivity contribution in [3.63, 3.8) is 0 Å². The fourth-order valence-corrected chi connectivity index (χ4v) is 2.15. The third-order valence-electron chi connectivity index (χ3n) is 2.22. The summed E-state index contributed by atoms with van der Waals surface area (Å²) in [5.41, 5.74) is 0. The van der Waals surface area contributed by atoms with Gasteiger partial charge in [0.2, 0.25) is 10.0 Å². The summed E-state index contributed by atoms with van der Waals surface area (Å²) in [6.45, 7) is 0. The second-order valence-corrected chi connectivity index (χ2v) is 5.82. The lowest BCUT2D eigenvalue weighted by Crippen LogP contribution is -2.22. The molecule has 2 rings (SSSR count). The molecule has 1 aromatic heterocycles. The Labute approximate surface area is 104 Å². The van der Waals surface area contributed by atoms with Crippen molar-refractivity contribution in [3.8, 4) is 11.6 Å². The van der Waals surface area contributed by atoms with Crippen LogP contribution in [-0.4, -0.2) is 42.2 Å². The Morgan fingerprint density at radius 3 is 2.39 bits per heavy atom. The highest BCUT2D eigenvalue weighted by Gasteiger charge is 2.16. The summed E-state index contributed by atoms with van der Waals surface area (Å²) < 4.78 is 30.1. The van der Waals surface area contributed by atoms with Crippen LogP contribution < -0.4 is 4.74 Å². The highest BCUT2D eigenvalue weighted by atomic mass is 32.2. The lowest BCUT2D eigenvalue weighted by molar-refractivity contribution is 0.461. The zero-order valence-corrected chi connectivity index (χ0v) is 10.7. The van der Waals surface area contributed by atoms with Crippen LogP contribution in [0.25, 0.3) is 0 Å². The van der Waals surface area contributed by atoms with Crippen LogP contribution in [-0.2, 0) is 10.0 Å². The Morgan fingerprint density at radius 1 is 1.22 bits per heavy atom. The fourth-order valence-electron chi connectivity index (χ4n) is 1.25. The molecule has 7 nitrogen and oxygen atoms in total. The van der Waals surface area contributed by atoms with Crippen molar-refractivity contribution >= 4 is 10.0 Å². The minimum Gasteiger partial charge on any atom is -0.436 e. The molecule has 0 saturated carbocycles. The van der Waals surface area contributed by atoms with Crippen molar-refractivity contribution in [1.82, 2.24) is 19.7 Å². The lowest BCUT2D eigenvalue weighted by Gasteiger charge is -2.11. The molecule has 1 aromatic carbocycles. The van der Waals surface area contributed by atoms with Crippen LogP contribution in [0, 0.1) is 0 Å². The van der Waals surface area contributed by atoms with Crippen LogP contribution in [0.1, 0.15) is 0 Å². The number of ether oxygens (including phenoxy) is 1. The fraction of sp³-hybridized carbons (Fsp3) is 0.200. The molecule has 2 aromatic rings. The topological polar surface area (TPSA) is 88.2 Å². The summed E-state index contributed by atoms with van der Waals surface area (Å²) in [7, 11) is -0.449. The van der Waals surface area contributed by atoms with E-state index in [0.717, 1.165) is 4.31 Å². The van der Waals surface area contributed by atoms with E-state index in [2.05, 4.69) is 15.4 Å². The van der Waals surface area contributed by atoms with E-state index < -0.39 is 10.0 Å². The maximum Gasteiger partial charge on any atom is 0.258 e. The molecule has 0 amide bonds. The zero-order chi connectivity index (χ0) is 13.2. The standard InChI is InChI=1S/C10H12N4O3S/c1-14(2)18(15,16)9-5-3-8(4-6-9)17-10-7-11-13-12-10/h3-7H,1-2H3,(H,11,12,13). The molecule has 0 unspecified atom stereocenters. The summed E-state index contributed by atoms with van der Waals surface area (Å²) in [4.78, 5) is 0.208. The number of nitrogens with zero attached hydrogens (tertiary/aromatic N) is 3. The van der Waals surface area contributed by atoms with Gasteiger partial charge in [0.1, 0.15) is 11.9 Å². The number of nitrogens with one attached hydrogen (secondary N) is 1. The quantitative estimate of drug-likeness (QED) is 0.888. The number of benzene rings is 1. The summed E-state index contributed by atoms with van der Waals surface area (Å²) in [5, 5.41) is 9.73. The van der Waals surface area contributed by atoms with Crippen molar-refractivity contribution in [3.05, 3.63) is 30.5 Å². The van der Waals surface area contributed by atoms with E-state index in [1.165, 1.54) is 32.4 Å². The molecular formula is C10H12N4O3S. The maximum atomic E-state index is 11.8. The van der Waals surface area contributed by atoms with Gasteiger partial charge in [0.15, 0.2) is 0 Å². The van der Waals surface area contributed by atoms with Crippen molar-refractivity contribution in [2.45, 2.75) is 4.90 Å². The van der Waals surface area contributed by atoms with Gasteiger partial charge in [0, 0.05) is 14.1 Å². The Morgan fingerprint density at radius 2 is 1.89 bits per heavy atom. The molecule has 1 heterocycles. The molecule has 0 aliphatic rings. The van der Waals surface area contributed by atoms with Crippen molar-refractivity contribution in [2.75, 3.05) is 14.1 Å². The second-order valence-electron chi connectivity index (χ2n) is 3.67. The maximum absolute atomic E-state index is 11.8. The number of hydrogen-bond acceptors (Lipinski definition) is 5. The normalized spacial score (nSPS) is 11.7. The van der Waals surface area contributed by atoms with E-state index >= 15 is 0 Å². The summed E-state index contributed by atoms with van der Waals surface area (Å²) >= 11 is 0. The lowest BCUT2D eigenvalue weighted by atomic mass is 10.3. The summed E-state index contributed by atoms with van der Waals surface area (Å²) in [6, 6.07) is 6.08. The number of H-pyrrole nitrogens is 1. The van der Waals surface area contributed by atoms with Gasteiger partial charge in [-0.3, -0.25) is 0 Å². The Kier molecular flexibility index (Phi) is 3.30. The second kappa shape index (κ2) is 4.75. The van der Waals surface area contributed by atoms with Crippen LogP contribution in [0.5, 0.6) is 11.6 Å². The van der Waals surface area contributed by atoms with E-state index in [1.54, 1.807) is 12.1 Å². The Bertz CT molecular complexity index is 605. The first kappa shape index (κ1) is 12.5. The molecule has 0 spiro atoms. The van der Waals surface area contributed by atoms with Crippen molar-refractivity contribution in [2.24, 2.45) is 0 Å². The van der Waals surface area contributed by atoms with Crippen LogP contribution in [0.4, 0.5) is 0 Å². The van der Waals surface area contributed by atoms with Gasteiger partial charge in [-0.15, -0.1) is 5.10 Å². The van der Waals surface area contributed by atoms with Gasteiger partial charge in [-0.1, -0.05) is 0 Å². The predicted octanol–water partition coefficient (Wildman–Crippen LogP) is 0.847. The highest BCUT2D eigenvalue weighted by Crippen LogP contribution is 2.21. The van der Waals surface area contributed by atoms with Crippen molar-refractivity contribution in [1.29, 1.82) is 0 Å². The molecule has 0 aliphatic heterocycles. The van der Waals surface area contributed by atoms with Crippen LogP contribution >= 0.6 is 0 Å².